The Labute approximate surface area is 106 Å². The molecule has 0 saturated heterocycles. The van der Waals surface area contributed by atoms with Gasteiger partial charge in [0.25, 0.3) is 0 Å². The first-order chi connectivity index (χ1) is 6.44. The van der Waals surface area contributed by atoms with E-state index in [0.29, 0.717) is 11.8 Å². The fourth-order valence-electron chi connectivity index (χ4n) is 3.01. The molecule has 1 rings (SSSR count). The lowest BCUT2D eigenvalue weighted by atomic mass is 9.79. The molecule has 2 atom stereocenters. The van der Waals surface area contributed by atoms with E-state index >= 15 is 0 Å². The molecule has 0 spiro atoms. The molecule has 0 aromatic rings. The van der Waals surface area contributed by atoms with E-state index in [4.69, 9.17) is 0 Å². The first-order valence-corrected chi connectivity index (χ1v) is 6.16. The summed E-state index contributed by atoms with van der Waals surface area (Å²) in [6.07, 6.45) is 5.68. The molecule has 2 heteroatoms. The van der Waals surface area contributed by atoms with Crippen molar-refractivity contribution in [2.75, 3.05) is 0 Å². The van der Waals surface area contributed by atoms with Crippen LogP contribution in [0.15, 0.2) is 0 Å². The van der Waals surface area contributed by atoms with Crippen molar-refractivity contribution in [1.82, 2.24) is 0 Å². The van der Waals surface area contributed by atoms with Gasteiger partial charge in [0.15, 0.2) is 17.4 Å². The topological polar surface area (TPSA) is 20.2 Å². The summed E-state index contributed by atoms with van der Waals surface area (Å²) in [4.78, 5) is 0. The van der Waals surface area contributed by atoms with Crippen LogP contribution in [-0.2, 0) is 0 Å². The Bertz CT molecular complexity index is 179. The fourth-order valence-corrected chi connectivity index (χ4v) is 3.01. The van der Waals surface area contributed by atoms with Crippen LogP contribution in [0.25, 0.3) is 0 Å². The van der Waals surface area contributed by atoms with Gasteiger partial charge < -0.3 is 5.11 Å². The van der Waals surface area contributed by atoms with Crippen molar-refractivity contribution in [2.24, 2.45) is 17.8 Å². The third-order valence-corrected chi connectivity index (χ3v) is 3.44. The molecule has 1 fully saturated rings. The molecule has 0 amide bonds. The Morgan fingerprint density at radius 1 is 1.20 bits per heavy atom. The van der Waals surface area contributed by atoms with Crippen LogP contribution in [0.1, 0.15) is 59.8 Å². The molecule has 0 aromatic heterocycles. The lowest BCUT2D eigenvalue weighted by Crippen LogP contribution is -2.35. The fraction of sp³-hybridized carbons (Fsp3) is 1.00. The molecule has 0 bridgehead atoms. The predicted octanol–water partition coefficient (Wildman–Crippen LogP) is 2.43. The van der Waals surface area contributed by atoms with Crippen molar-refractivity contribution >= 4 is 17.4 Å². The number of hydrogen-bond donors (Lipinski definition) is 1. The highest BCUT2D eigenvalue weighted by Gasteiger charge is 2.41. The highest BCUT2D eigenvalue weighted by molar-refractivity contribution is 5.75. The zero-order chi connectivity index (χ0) is 10.8. The zero-order valence-electron chi connectivity index (χ0n) is 10.2. The van der Waals surface area contributed by atoms with Gasteiger partial charge in [-0.1, -0.05) is 34.1 Å². The molecule has 15 heavy (non-hydrogen) atoms. The standard InChI is InChI=1S/C13H26O.Al.3H/c1-10(2)8-12-6-5-7-13(12,14)9-11(3)4;;;;/h10-12,14H,5-9H2,1-4H3;;;;. The quantitative estimate of drug-likeness (QED) is 0.733. The molecule has 1 aliphatic rings. The predicted molar refractivity (Wildman–Crippen MR) is 71.1 cm³/mol. The minimum Gasteiger partial charge on any atom is -0.390 e. The Morgan fingerprint density at radius 2 is 1.80 bits per heavy atom. The zero-order valence-corrected chi connectivity index (χ0v) is 10.2. The molecule has 1 N–H and O–H groups in total. The molecule has 1 aliphatic carbocycles. The maximum atomic E-state index is 10.6. The average molecular weight is 228 g/mol. The second kappa shape index (κ2) is 6.28. The normalized spacial score (nSPS) is 31.0. The van der Waals surface area contributed by atoms with Gasteiger partial charge in [-0.2, -0.15) is 0 Å². The van der Waals surface area contributed by atoms with Crippen LogP contribution in [0, 0.1) is 17.8 Å². The Balaban J connectivity index is 0.00000196. The van der Waals surface area contributed by atoms with Crippen molar-refractivity contribution < 1.29 is 5.11 Å². The van der Waals surface area contributed by atoms with Gasteiger partial charge >= 0.3 is 0 Å². The maximum Gasteiger partial charge on any atom is 0.187 e. The molecule has 1 saturated carbocycles. The van der Waals surface area contributed by atoms with E-state index < -0.39 is 0 Å². The molecule has 0 aliphatic heterocycles. The van der Waals surface area contributed by atoms with Crippen LogP contribution >= 0.6 is 0 Å². The molecular weight excluding hydrogens is 199 g/mol. The molecule has 2 unspecified atom stereocenters. The van der Waals surface area contributed by atoms with Crippen molar-refractivity contribution in [3.63, 3.8) is 0 Å². The summed E-state index contributed by atoms with van der Waals surface area (Å²) in [6.45, 7) is 8.94. The van der Waals surface area contributed by atoms with E-state index in [1.165, 1.54) is 19.3 Å². The lowest BCUT2D eigenvalue weighted by molar-refractivity contribution is -0.0226. The van der Waals surface area contributed by atoms with Crippen LogP contribution in [-0.4, -0.2) is 28.1 Å². The molecule has 0 aromatic carbocycles. The highest BCUT2D eigenvalue weighted by Crippen LogP contribution is 2.43. The molecule has 90 valence electrons. The summed E-state index contributed by atoms with van der Waals surface area (Å²) in [7, 11) is 0. The van der Waals surface area contributed by atoms with E-state index in [-0.39, 0.29) is 23.0 Å². The Kier molecular flexibility index (Phi) is 6.49. The first kappa shape index (κ1) is 15.5. The van der Waals surface area contributed by atoms with Crippen LogP contribution in [0.5, 0.6) is 0 Å². The maximum absolute atomic E-state index is 10.6. The summed E-state index contributed by atoms with van der Waals surface area (Å²) in [5.74, 6) is 1.90. The smallest absolute Gasteiger partial charge is 0.187 e. The summed E-state index contributed by atoms with van der Waals surface area (Å²) in [5.41, 5.74) is -0.335. The van der Waals surface area contributed by atoms with E-state index in [0.717, 1.165) is 18.8 Å². The van der Waals surface area contributed by atoms with Gasteiger partial charge in [0.2, 0.25) is 0 Å². The average Bonchev–Trinajstić information content (AvgIpc) is 2.29. The number of rotatable bonds is 4. The van der Waals surface area contributed by atoms with E-state index in [2.05, 4.69) is 27.7 Å². The summed E-state index contributed by atoms with van der Waals surface area (Å²) in [6, 6.07) is 0. The van der Waals surface area contributed by atoms with Crippen LogP contribution in [0.3, 0.4) is 0 Å². The van der Waals surface area contributed by atoms with Crippen molar-refractivity contribution in [1.29, 1.82) is 0 Å². The number of hydrogen-bond acceptors (Lipinski definition) is 1. The van der Waals surface area contributed by atoms with Gasteiger partial charge in [0, 0.05) is 0 Å². The SMILES string of the molecule is CC(C)CC1CCCC1(O)CC(C)C.[AlH3]. The van der Waals surface area contributed by atoms with Crippen molar-refractivity contribution in [3.8, 4) is 0 Å². The van der Waals surface area contributed by atoms with Gasteiger partial charge in [-0.3, -0.25) is 0 Å². The van der Waals surface area contributed by atoms with Gasteiger partial charge in [0.05, 0.1) is 5.60 Å². The van der Waals surface area contributed by atoms with E-state index in [1.807, 2.05) is 0 Å². The van der Waals surface area contributed by atoms with Crippen LogP contribution in [0.4, 0.5) is 0 Å². The van der Waals surface area contributed by atoms with Gasteiger partial charge in [-0.15, -0.1) is 0 Å². The second-order valence-corrected chi connectivity index (χ2v) is 5.92. The monoisotopic (exact) mass is 228 g/mol. The van der Waals surface area contributed by atoms with Crippen molar-refractivity contribution in [2.45, 2.75) is 65.4 Å². The third kappa shape index (κ3) is 4.47. The molecule has 0 heterocycles. The minimum absolute atomic E-state index is 0. The van der Waals surface area contributed by atoms with Gasteiger partial charge in [-0.05, 0) is 43.4 Å². The van der Waals surface area contributed by atoms with E-state index in [9.17, 15) is 5.11 Å². The van der Waals surface area contributed by atoms with Gasteiger partial charge in [0.1, 0.15) is 0 Å². The summed E-state index contributed by atoms with van der Waals surface area (Å²) < 4.78 is 0. The molecule has 1 nitrogen and oxygen atoms in total. The molecule has 0 radical (unpaired) electrons. The van der Waals surface area contributed by atoms with Crippen LogP contribution in [0.2, 0.25) is 0 Å². The van der Waals surface area contributed by atoms with Crippen LogP contribution < -0.4 is 0 Å². The first-order valence-electron chi connectivity index (χ1n) is 6.16. The minimum atomic E-state index is -0.335. The lowest BCUT2D eigenvalue weighted by Gasteiger charge is -2.32. The largest absolute Gasteiger partial charge is 0.390 e. The van der Waals surface area contributed by atoms with E-state index in [1.54, 1.807) is 0 Å². The van der Waals surface area contributed by atoms with Gasteiger partial charge in [-0.25, -0.2) is 0 Å². The molecular formula is C13H29AlO. The highest BCUT2D eigenvalue weighted by atomic mass is 27.0. The Morgan fingerprint density at radius 3 is 2.27 bits per heavy atom. The Hall–Kier alpha value is 0.492. The third-order valence-electron chi connectivity index (χ3n) is 3.44. The summed E-state index contributed by atoms with van der Waals surface area (Å²) >= 11 is 0. The van der Waals surface area contributed by atoms with Crippen molar-refractivity contribution in [3.05, 3.63) is 0 Å². The number of aliphatic hydroxyl groups is 1. The summed E-state index contributed by atoms with van der Waals surface area (Å²) in [5, 5.41) is 10.6. The second-order valence-electron chi connectivity index (χ2n) is 5.92.